The van der Waals surface area contributed by atoms with Gasteiger partial charge in [-0.1, -0.05) is 41.1 Å². The van der Waals surface area contributed by atoms with Crippen molar-refractivity contribution in [3.63, 3.8) is 0 Å². The number of hydrogen-bond acceptors (Lipinski definition) is 4. The van der Waals surface area contributed by atoms with Gasteiger partial charge in [-0.2, -0.15) is 0 Å². The van der Waals surface area contributed by atoms with Crippen molar-refractivity contribution in [2.24, 2.45) is 0 Å². The van der Waals surface area contributed by atoms with Crippen LogP contribution in [0.2, 0.25) is 0 Å². The molecule has 1 heterocycles. The highest BCUT2D eigenvalue weighted by Crippen LogP contribution is 2.42. The van der Waals surface area contributed by atoms with Gasteiger partial charge in [0.15, 0.2) is 5.69 Å². The molecule has 1 aliphatic carbocycles. The van der Waals surface area contributed by atoms with Crippen LogP contribution in [0.3, 0.4) is 0 Å². The van der Waals surface area contributed by atoms with Crippen molar-refractivity contribution in [2.45, 2.75) is 25.7 Å². The first kappa shape index (κ1) is 18.9. The normalized spacial score (nSPS) is 13.2. The number of aromatic nitrogens is 3. The molecule has 2 aromatic carbocycles. The Kier molecular flexibility index (Phi) is 5.12. The van der Waals surface area contributed by atoms with Gasteiger partial charge in [0.2, 0.25) is 5.91 Å². The largest absolute Gasteiger partial charge is 0.331 e. The molecule has 148 valence electrons. The Balaban J connectivity index is 1.49. The summed E-state index contributed by atoms with van der Waals surface area (Å²) in [5.41, 5.74) is 3.84. The van der Waals surface area contributed by atoms with Crippen LogP contribution >= 0.6 is 0 Å². The quantitative estimate of drug-likeness (QED) is 0.702. The summed E-state index contributed by atoms with van der Waals surface area (Å²) in [4.78, 5) is 26.7. The van der Waals surface area contributed by atoms with Crippen LogP contribution in [0.4, 0.5) is 5.69 Å². The first-order valence-electron chi connectivity index (χ1n) is 9.66. The van der Waals surface area contributed by atoms with Gasteiger partial charge in [-0.3, -0.25) is 9.59 Å². The fourth-order valence-corrected chi connectivity index (χ4v) is 3.23. The molecule has 2 amide bonds. The zero-order valence-corrected chi connectivity index (χ0v) is 16.5. The van der Waals surface area contributed by atoms with Crippen molar-refractivity contribution < 1.29 is 9.59 Å². The molecule has 0 bridgehead atoms. The van der Waals surface area contributed by atoms with Gasteiger partial charge in [0.1, 0.15) is 0 Å². The van der Waals surface area contributed by atoms with Gasteiger partial charge in [-0.15, -0.1) is 5.10 Å². The van der Waals surface area contributed by atoms with E-state index in [2.05, 4.69) is 15.6 Å². The second kappa shape index (κ2) is 7.87. The molecule has 7 heteroatoms. The van der Waals surface area contributed by atoms with Crippen LogP contribution < -0.4 is 5.32 Å². The molecule has 0 unspecified atom stereocenters. The number of carbonyl (C=O) groups is 2. The molecule has 1 saturated carbocycles. The molecule has 0 spiro atoms. The first-order valence-corrected chi connectivity index (χ1v) is 9.66. The van der Waals surface area contributed by atoms with E-state index in [0.717, 1.165) is 29.8 Å². The van der Waals surface area contributed by atoms with E-state index in [9.17, 15) is 9.59 Å². The maximum Gasteiger partial charge on any atom is 0.276 e. The number of amides is 2. The lowest BCUT2D eigenvalue weighted by Crippen LogP contribution is -2.35. The maximum absolute atomic E-state index is 13.0. The van der Waals surface area contributed by atoms with Gasteiger partial charge in [-0.25, -0.2) is 4.68 Å². The number of nitrogens with one attached hydrogen (secondary N) is 1. The Labute approximate surface area is 169 Å². The van der Waals surface area contributed by atoms with Gasteiger partial charge >= 0.3 is 0 Å². The summed E-state index contributed by atoms with van der Waals surface area (Å²) in [6.07, 6.45) is 2.02. The van der Waals surface area contributed by atoms with E-state index in [1.807, 2.05) is 61.5 Å². The van der Waals surface area contributed by atoms with E-state index in [0.29, 0.717) is 11.4 Å². The fourth-order valence-electron chi connectivity index (χ4n) is 3.23. The smallest absolute Gasteiger partial charge is 0.276 e. The number of nitrogens with zero attached hydrogens (tertiary/aromatic N) is 4. The lowest BCUT2D eigenvalue weighted by Gasteiger charge is -2.16. The Hall–Kier alpha value is -3.48. The van der Waals surface area contributed by atoms with Crippen molar-refractivity contribution in [1.82, 2.24) is 19.9 Å². The standard InChI is InChI=1S/C22H23N5O2/c1-15-8-12-17(13-9-15)23-19(28)14-26(2)22(29)20-21(16-10-11-16)27(25-24-20)18-6-4-3-5-7-18/h3-9,12-13,16H,10-11,14H2,1-2H3,(H,23,28). The minimum absolute atomic E-state index is 0.0605. The topological polar surface area (TPSA) is 80.1 Å². The fraction of sp³-hybridized carbons (Fsp3) is 0.273. The molecule has 1 N–H and O–H groups in total. The van der Waals surface area contributed by atoms with Crippen LogP contribution in [0.25, 0.3) is 5.69 Å². The number of hydrogen-bond donors (Lipinski definition) is 1. The third-order valence-electron chi connectivity index (χ3n) is 4.94. The van der Waals surface area contributed by atoms with Gasteiger partial charge in [0.05, 0.1) is 17.9 Å². The van der Waals surface area contributed by atoms with E-state index >= 15 is 0 Å². The molecule has 0 saturated heterocycles. The summed E-state index contributed by atoms with van der Waals surface area (Å²) in [7, 11) is 1.61. The summed E-state index contributed by atoms with van der Waals surface area (Å²) >= 11 is 0. The van der Waals surface area contributed by atoms with E-state index in [1.54, 1.807) is 11.7 Å². The zero-order valence-electron chi connectivity index (χ0n) is 16.5. The average molecular weight is 389 g/mol. The first-order chi connectivity index (χ1) is 14.0. The lowest BCUT2D eigenvalue weighted by molar-refractivity contribution is -0.116. The number of aryl methyl sites for hydroxylation is 1. The van der Waals surface area contributed by atoms with E-state index < -0.39 is 0 Å². The average Bonchev–Trinajstić information content (AvgIpc) is 3.47. The van der Waals surface area contributed by atoms with E-state index in [-0.39, 0.29) is 24.3 Å². The highest BCUT2D eigenvalue weighted by molar-refractivity contribution is 5.99. The van der Waals surface area contributed by atoms with Crippen LogP contribution in [-0.2, 0) is 4.79 Å². The number of anilines is 1. The number of likely N-dealkylation sites (N-methyl/N-ethyl adjacent to an activating group) is 1. The van der Waals surface area contributed by atoms with Crippen LogP contribution in [0.1, 0.15) is 40.5 Å². The van der Waals surface area contributed by atoms with Crippen LogP contribution in [0.5, 0.6) is 0 Å². The van der Waals surface area contributed by atoms with Gasteiger partial charge in [-0.05, 0) is 44.0 Å². The predicted molar refractivity (Wildman–Crippen MR) is 110 cm³/mol. The summed E-state index contributed by atoms with van der Waals surface area (Å²) in [6.45, 7) is 1.92. The van der Waals surface area contributed by atoms with Crippen molar-refractivity contribution in [3.8, 4) is 5.69 Å². The molecule has 1 fully saturated rings. The summed E-state index contributed by atoms with van der Waals surface area (Å²) in [5.74, 6) is -0.278. The van der Waals surface area contributed by atoms with Crippen molar-refractivity contribution in [3.05, 3.63) is 71.5 Å². The molecule has 1 aromatic heterocycles. The molecule has 4 rings (SSSR count). The molecule has 29 heavy (non-hydrogen) atoms. The molecule has 0 atom stereocenters. The summed E-state index contributed by atoms with van der Waals surface area (Å²) in [5, 5.41) is 11.2. The molecular formula is C22H23N5O2. The number of para-hydroxylation sites is 1. The number of rotatable bonds is 6. The molecule has 0 radical (unpaired) electrons. The maximum atomic E-state index is 13.0. The Bertz CT molecular complexity index is 1020. The highest BCUT2D eigenvalue weighted by atomic mass is 16.2. The summed E-state index contributed by atoms with van der Waals surface area (Å²) < 4.78 is 1.74. The number of carbonyl (C=O) groups excluding carboxylic acids is 2. The second-order valence-corrected chi connectivity index (χ2v) is 7.42. The predicted octanol–water partition coefficient (Wildman–Crippen LogP) is 3.16. The Morgan fingerprint density at radius 2 is 1.79 bits per heavy atom. The van der Waals surface area contributed by atoms with Gasteiger partial charge in [0, 0.05) is 18.7 Å². The monoisotopic (exact) mass is 389 g/mol. The molecule has 3 aromatic rings. The van der Waals surface area contributed by atoms with Crippen molar-refractivity contribution >= 4 is 17.5 Å². The third-order valence-corrected chi connectivity index (χ3v) is 4.94. The van der Waals surface area contributed by atoms with Crippen LogP contribution in [0, 0.1) is 6.92 Å². The number of benzene rings is 2. The zero-order chi connectivity index (χ0) is 20.4. The highest BCUT2D eigenvalue weighted by Gasteiger charge is 2.35. The molecule has 0 aliphatic heterocycles. The van der Waals surface area contributed by atoms with Crippen molar-refractivity contribution in [2.75, 3.05) is 18.9 Å². The van der Waals surface area contributed by atoms with E-state index in [4.69, 9.17) is 0 Å². The minimum Gasteiger partial charge on any atom is -0.331 e. The third kappa shape index (κ3) is 4.18. The molecule has 1 aliphatic rings. The van der Waals surface area contributed by atoms with Crippen molar-refractivity contribution in [1.29, 1.82) is 0 Å². The Morgan fingerprint density at radius 3 is 2.45 bits per heavy atom. The van der Waals surface area contributed by atoms with Crippen LogP contribution in [0.15, 0.2) is 54.6 Å². The SMILES string of the molecule is Cc1ccc(NC(=O)CN(C)C(=O)c2nnn(-c3ccccc3)c2C2CC2)cc1. The molecular weight excluding hydrogens is 366 g/mol. The Morgan fingerprint density at radius 1 is 1.10 bits per heavy atom. The van der Waals surface area contributed by atoms with E-state index in [1.165, 1.54) is 4.90 Å². The minimum atomic E-state index is -0.298. The molecule has 7 nitrogen and oxygen atoms in total. The second-order valence-electron chi connectivity index (χ2n) is 7.42. The lowest BCUT2D eigenvalue weighted by atomic mass is 10.2. The van der Waals surface area contributed by atoms with Crippen LogP contribution in [-0.4, -0.2) is 45.3 Å². The van der Waals surface area contributed by atoms with Gasteiger partial charge < -0.3 is 10.2 Å². The van der Waals surface area contributed by atoms with Gasteiger partial charge in [0.25, 0.3) is 5.91 Å². The summed E-state index contributed by atoms with van der Waals surface area (Å²) in [6, 6.07) is 17.2.